The van der Waals surface area contributed by atoms with Crippen LogP contribution >= 0.6 is 0 Å². The molecule has 1 aromatic rings. The number of nitrogen functional groups attached to an aromatic ring is 1. The zero-order chi connectivity index (χ0) is 13.8. The van der Waals surface area contributed by atoms with Gasteiger partial charge >= 0.3 is 0 Å². The highest BCUT2D eigenvalue weighted by Gasteiger charge is 2.35. The molecule has 1 saturated carbocycles. The van der Waals surface area contributed by atoms with Gasteiger partial charge in [0.05, 0.1) is 0 Å². The summed E-state index contributed by atoms with van der Waals surface area (Å²) in [5.41, 5.74) is 8.84. The second-order valence-corrected chi connectivity index (χ2v) is 6.90. The summed E-state index contributed by atoms with van der Waals surface area (Å²) in [4.78, 5) is 2.66. The van der Waals surface area contributed by atoms with Crippen LogP contribution in [0.3, 0.4) is 0 Å². The Hall–Kier alpha value is -1.02. The maximum atomic E-state index is 5.85. The standard InChI is InChI=1S/C18H28N2/c19-17-6-4-5-16(15-17)7-12-20-13-10-18(11-14-20)8-2-1-3-9-18/h4-6,15H,1-3,7-14,19H2. The number of nitrogens with zero attached hydrogens (tertiary/aromatic N) is 1. The summed E-state index contributed by atoms with van der Waals surface area (Å²) < 4.78 is 0. The highest BCUT2D eigenvalue weighted by Crippen LogP contribution is 2.44. The molecule has 0 unspecified atom stereocenters. The van der Waals surface area contributed by atoms with Gasteiger partial charge in [-0.15, -0.1) is 0 Å². The molecule has 0 bridgehead atoms. The Morgan fingerprint density at radius 1 is 1.00 bits per heavy atom. The van der Waals surface area contributed by atoms with Gasteiger partial charge < -0.3 is 10.6 Å². The molecule has 2 fully saturated rings. The minimum atomic E-state index is 0.728. The van der Waals surface area contributed by atoms with Crippen molar-refractivity contribution in [1.82, 2.24) is 4.90 Å². The fraction of sp³-hybridized carbons (Fsp3) is 0.667. The summed E-state index contributed by atoms with van der Waals surface area (Å²) in [5, 5.41) is 0. The lowest BCUT2D eigenvalue weighted by Crippen LogP contribution is -2.41. The number of likely N-dealkylation sites (tertiary alicyclic amines) is 1. The topological polar surface area (TPSA) is 29.3 Å². The average molecular weight is 272 g/mol. The van der Waals surface area contributed by atoms with Gasteiger partial charge in [0.15, 0.2) is 0 Å². The first-order valence-corrected chi connectivity index (χ1v) is 8.33. The van der Waals surface area contributed by atoms with Crippen molar-refractivity contribution in [2.24, 2.45) is 5.41 Å². The number of piperidine rings is 1. The van der Waals surface area contributed by atoms with Gasteiger partial charge in [-0.05, 0) is 68.3 Å². The minimum absolute atomic E-state index is 0.728. The van der Waals surface area contributed by atoms with Crippen LogP contribution in [0.5, 0.6) is 0 Å². The Bertz CT molecular complexity index is 425. The van der Waals surface area contributed by atoms with Gasteiger partial charge in [0.1, 0.15) is 0 Å². The van der Waals surface area contributed by atoms with E-state index in [4.69, 9.17) is 5.73 Å². The molecule has 1 aliphatic carbocycles. The molecule has 2 aliphatic rings. The van der Waals surface area contributed by atoms with Gasteiger partial charge in [-0.2, -0.15) is 0 Å². The van der Waals surface area contributed by atoms with Gasteiger partial charge in [0.25, 0.3) is 0 Å². The van der Waals surface area contributed by atoms with Crippen molar-refractivity contribution in [2.45, 2.75) is 51.4 Å². The Balaban J connectivity index is 1.46. The Morgan fingerprint density at radius 2 is 1.75 bits per heavy atom. The lowest BCUT2D eigenvalue weighted by Gasteiger charge is -2.44. The summed E-state index contributed by atoms with van der Waals surface area (Å²) in [6, 6.07) is 8.35. The largest absolute Gasteiger partial charge is 0.399 e. The maximum absolute atomic E-state index is 5.85. The predicted octanol–water partition coefficient (Wildman–Crippen LogP) is 3.86. The van der Waals surface area contributed by atoms with Crippen LogP contribution in [-0.4, -0.2) is 24.5 Å². The number of hydrogen-bond acceptors (Lipinski definition) is 2. The molecule has 2 nitrogen and oxygen atoms in total. The molecule has 110 valence electrons. The van der Waals surface area contributed by atoms with E-state index in [0.717, 1.165) is 17.5 Å². The molecule has 2 N–H and O–H groups in total. The molecule has 0 aromatic heterocycles. The molecule has 0 amide bonds. The maximum Gasteiger partial charge on any atom is 0.0316 e. The molecular formula is C18H28N2. The van der Waals surface area contributed by atoms with Gasteiger partial charge in [-0.1, -0.05) is 31.4 Å². The van der Waals surface area contributed by atoms with Gasteiger partial charge in [0.2, 0.25) is 0 Å². The third kappa shape index (κ3) is 3.35. The van der Waals surface area contributed by atoms with Crippen LogP contribution in [0, 0.1) is 5.41 Å². The second kappa shape index (κ2) is 6.17. The third-order valence-corrected chi connectivity index (χ3v) is 5.50. The number of nitrogens with two attached hydrogens (primary N) is 1. The van der Waals surface area contributed by atoms with Crippen LogP contribution < -0.4 is 5.73 Å². The second-order valence-electron chi connectivity index (χ2n) is 6.90. The van der Waals surface area contributed by atoms with E-state index in [1.807, 2.05) is 6.07 Å². The molecule has 1 heterocycles. The van der Waals surface area contributed by atoms with Crippen molar-refractivity contribution in [1.29, 1.82) is 0 Å². The highest BCUT2D eigenvalue weighted by molar-refractivity contribution is 5.40. The van der Waals surface area contributed by atoms with Crippen LogP contribution in [-0.2, 0) is 6.42 Å². The summed E-state index contributed by atoms with van der Waals surface area (Å²) >= 11 is 0. The van der Waals surface area contributed by atoms with Crippen LogP contribution in [0.25, 0.3) is 0 Å². The fourth-order valence-electron chi connectivity index (χ4n) is 4.09. The first-order chi connectivity index (χ1) is 9.76. The fourth-order valence-corrected chi connectivity index (χ4v) is 4.09. The van der Waals surface area contributed by atoms with E-state index in [1.165, 1.54) is 70.1 Å². The molecule has 0 atom stereocenters. The zero-order valence-corrected chi connectivity index (χ0v) is 12.6. The third-order valence-electron chi connectivity index (χ3n) is 5.50. The number of anilines is 1. The highest BCUT2D eigenvalue weighted by atomic mass is 15.1. The summed E-state index contributed by atoms with van der Waals surface area (Å²) in [6.45, 7) is 3.81. The molecule has 3 rings (SSSR count). The normalized spacial score (nSPS) is 23.0. The predicted molar refractivity (Wildman–Crippen MR) is 85.8 cm³/mol. The lowest BCUT2D eigenvalue weighted by atomic mass is 9.68. The smallest absolute Gasteiger partial charge is 0.0316 e. The number of rotatable bonds is 3. The van der Waals surface area contributed by atoms with E-state index in [1.54, 1.807) is 0 Å². The molecule has 2 heteroatoms. The number of benzene rings is 1. The monoisotopic (exact) mass is 272 g/mol. The van der Waals surface area contributed by atoms with Gasteiger partial charge in [-0.3, -0.25) is 0 Å². The Kier molecular flexibility index (Phi) is 4.30. The first kappa shape index (κ1) is 13.9. The zero-order valence-electron chi connectivity index (χ0n) is 12.6. The molecule has 1 saturated heterocycles. The van der Waals surface area contributed by atoms with E-state index in [0.29, 0.717) is 0 Å². The van der Waals surface area contributed by atoms with Crippen molar-refractivity contribution < 1.29 is 0 Å². The Morgan fingerprint density at radius 3 is 2.45 bits per heavy atom. The molecule has 20 heavy (non-hydrogen) atoms. The Labute approximate surface area is 123 Å². The molecule has 1 spiro atoms. The lowest BCUT2D eigenvalue weighted by molar-refractivity contribution is 0.0684. The van der Waals surface area contributed by atoms with Crippen LogP contribution in [0.2, 0.25) is 0 Å². The van der Waals surface area contributed by atoms with Crippen molar-refractivity contribution in [3.8, 4) is 0 Å². The van der Waals surface area contributed by atoms with E-state index in [9.17, 15) is 0 Å². The van der Waals surface area contributed by atoms with Crippen molar-refractivity contribution in [3.63, 3.8) is 0 Å². The van der Waals surface area contributed by atoms with Crippen molar-refractivity contribution in [3.05, 3.63) is 29.8 Å². The first-order valence-electron chi connectivity index (χ1n) is 8.33. The van der Waals surface area contributed by atoms with Crippen LogP contribution in [0.15, 0.2) is 24.3 Å². The molecule has 1 aliphatic heterocycles. The van der Waals surface area contributed by atoms with Gasteiger partial charge in [-0.25, -0.2) is 0 Å². The van der Waals surface area contributed by atoms with Crippen molar-refractivity contribution >= 4 is 5.69 Å². The van der Waals surface area contributed by atoms with E-state index in [2.05, 4.69) is 23.1 Å². The van der Waals surface area contributed by atoms with Crippen LogP contribution in [0.4, 0.5) is 5.69 Å². The van der Waals surface area contributed by atoms with Gasteiger partial charge in [0, 0.05) is 12.2 Å². The average Bonchev–Trinajstić information content (AvgIpc) is 2.48. The summed E-state index contributed by atoms with van der Waals surface area (Å²) in [7, 11) is 0. The SMILES string of the molecule is Nc1cccc(CCN2CCC3(CCCCC3)CC2)c1. The quantitative estimate of drug-likeness (QED) is 0.847. The molecule has 1 aromatic carbocycles. The number of hydrogen-bond donors (Lipinski definition) is 1. The van der Waals surface area contributed by atoms with E-state index < -0.39 is 0 Å². The summed E-state index contributed by atoms with van der Waals surface area (Å²) in [5.74, 6) is 0. The summed E-state index contributed by atoms with van der Waals surface area (Å²) in [6.07, 6.45) is 11.4. The van der Waals surface area contributed by atoms with Crippen LogP contribution in [0.1, 0.15) is 50.5 Å². The minimum Gasteiger partial charge on any atom is -0.399 e. The molecular weight excluding hydrogens is 244 g/mol. The molecule has 0 radical (unpaired) electrons. The van der Waals surface area contributed by atoms with Crippen molar-refractivity contribution in [2.75, 3.05) is 25.4 Å². The van der Waals surface area contributed by atoms with E-state index >= 15 is 0 Å². The van der Waals surface area contributed by atoms with E-state index in [-0.39, 0.29) is 0 Å².